The molecular weight excluding hydrogens is 418 g/mol. The van der Waals surface area contributed by atoms with Gasteiger partial charge in [0.1, 0.15) is 8.98 Å². The average Bonchev–Trinajstić information content (AvgIpc) is 2.61. The number of nitrogens with two attached hydrogens (primary N) is 1. The molecule has 0 aliphatic rings. The summed E-state index contributed by atoms with van der Waals surface area (Å²) in [6.07, 6.45) is 0. The molecule has 0 bridgehead atoms. The van der Waals surface area contributed by atoms with Crippen LogP contribution in [0.3, 0.4) is 0 Å². The van der Waals surface area contributed by atoms with E-state index < -0.39 is 4.92 Å². The number of nitrogens with zero attached hydrogens (tertiary/aromatic N) is 1. The minimum absolute atomic E-state index is 0.00352. The minimum atomic E-state index is -0.463. The number of hydrogen-bond acceptors (Lipinski definition) is 3. The van der Waals surface area contributed by atoms with Crippen molar-refractivity contribution in [3.63, 3.8) is 0 Å². The third kappa shape index (κ3) is 6.22. The van der Waals surface area contributed by atoms with E-state index in [9.17, 15) is 10.1 Å². The van der Waals surface area contributed by atoms with E-state index in [-0.39, 0.29) is 14.7 Å². The minimum Gasteiger partial charge on any atom is -0.398 e. The van der Waals surface area contributed by atoms with Crippen LogP contribution >= 0.6 is 46.4 Å². The van der Waals surface area contributed by atoms with Gasteiger partial charge in [-0.2, -0.15) is 0 Å². The molecule has 0 radical (unpaired) electrons. The largest absolute Gasteiger partial charge is 0.398 e. The Kier molecular flexibility index (Phi) is 8.96. The third-order valence-corrected chi connectivity index (χ3v) is 4.57. The van der Waals surface area contributed by atoms with E-state index in [1.807, 2.05) is 31.2 Å². The van der Waals surface area contributed by atoms with Gasteiger partial charge in [-0.1, -0.05) is 76.7 Å². The number of allylic oxidation sites excluding steroid dienone is 2. The molecule has 138 valence electrons. The van der Waals surface area contributed by atoms with Crippen LogP contribution in [0.5, 0.6) is 0 Å². The molecule has 2 aromatic carbocycles. The first-order valence-electron chi connectivity index (χ1n) is 7.29. The molecule has 0 spiro atoms. The van der Waals surface area contributed by atoms with Crippen molar-refractivity contribution in [3.05, 3.63) is 78.8 Å². The topological polar surface area (TPSA) is 69.2 Å². The molecule has 4 nitrogen and oxygen atoms in total. The quantitative estimate of drug-likeness (QED) is 0.316. The standard InChI is InChI=1S/C9H7Cl2NO2.C9H9Cl2N/c1-6(9(10)11)7-4-2-3-5-8(7)12(13)14;1-6(9(10)11)7-4-2-3-5-8(7)12/h2-5H,1H3;2-5H,12H2,1H3. The first-order chi connectivity index (χ1) is 12.2. The highest BCUT2D eigenvalue weighted by Gasteiger charge is 2.14. The number of nitrogen functional groups attached to an aromatic ring is 1. The zero-order chi connectivity index (χ0) is 19.9. The molecule has 0 amide bonds. The zero-order valence-corrected chi connectivity index (χ0v) is 17.0. The van der Waals surface area contributed by atoms with Gasteiger partial charge >= 0.3 is 0 Å². The van der Waals surface area contributed by atoms with Crippen LogP contribution in [0.4, 0.5) is 11.4 Å². The smallest absolute Gasteiger partial charge is 0.276 e. The summed E-state index contributed by atoms with van der Waals surface area (Å²) in [6.45, 7) is 3.47. The second-order valence-electron chi connectivity index (χ2n) is 5.13. The van der Waals surface area contributed by atoms with Crippen LogP contribution in [0, 0.1) is 10.1 Å². The number of para-hydroxylation sites is 2. The molecule has 0 fully saturated rings. The van der Waals surface area contributed by atoms with Crippen molar-refractivity contribution < 1.29 is 4.92 Å². The third-order valence-electron chi connectivity index (χ3n) is 3.44. The van der Waals surface area contributed by atoms with Gasteiger partial charge in [-0.15, -0.1) is 0 Å². The lowest BCUT2D eigenvalue weighted by Gasteiger charge is -2.04. The first kappa shape index (κ1) is 22.3. The Hall–Kier alpha value is -1.72. The predicted octanol–water partition coefficient (Wildman–Crippen LogP) is 7.20. The Morgan fingerprint density at radius 1 is 0.846 bits per heavy atom. The highest BCUT2D eigenvalue weighted by molar-refractivity contribution is 6.58. The van der Waals surface area contributed by atoms with Gasteiger partial charge in [0.2, 0.25) is 0 Å². The van der Waals surface area contributed by atoms with Gasteiger partial charge in [0.15, 0.2) is 0 Å². The molecule has 0 saturated heterocycles. The van der Waals surface area contributed by atoms with Gasteiger partial charge in [-0.3, -0.25) is 10.1 Å². The van der Waals surface area contributed by atoms with E-state index in [0.29, 0.717) is 16.8 Å². The number of benzene rings is 2. The molecule has 0 aliphatic carbocycles. The van der Waals surface area contributed by atoms with E-state index >= 15 is 0 Å². The maximum absolute atomic E-state index is 10.6. The van der Waals surface area contributed by atoms with Crippen LogP contribution < -0.4 is 5.73 Å². The maximum Gasteiger partial charge on any atom is 0.276 e. The fourth-order valence-electron chi connectivity index (χ4n) is 1.99. The number of anilines is 1. The lowest BCUT2D eigenvalue weighted by atomic mass is 10.1. The van der Waals surface area contributed by atoms with Crippen molar-refractivity contribution in [2.45, 2.75) is 13.8 Å². The van der Waals surface area contributed by atoms with Crippen LogP contribution in [-0.2, 0) is 0 Å². The number of rotatable bonds is 3. The fraction of sp³-hybridized carbons (Fsp3) is 0.111. The molecule has 0 aromatic heterocycles. The molecule has 2 N–H and O–H groups in total. The second-order valence-corrected chi connectivity index (χ2v) is 7.03. The van der Waals surface area contributed by atoms with Gasteiger partial charge < -0.3 is 5.73 Å². The van der Waals surface area contributed by atoms with Crippen molar-refractivity contribution in [3.8, 4) is 0 Å². The molecule has 8 heteroatoms. The first-order valence-corrected chi connectivity index (χ1v) is 8.80. The van der Waals surface area contributed by atoms with Gasteiger partial charge in [-0.25, -0.2) is 0 Å². The number of nitro benzene ring substituents is 1. The summed E-state index contributed by atoms with van der Waals surface area (Å²) >= 11 is 22.4. The Balaban J connectivity index is 0.000000263. The van der Waals surface area contributed by atoms with Crippen molar-refractivity contribution in [2.24, 2.45) is 0 Å². The normalized spacial score (nSPS) is 9.62. The van der Waals surface area contributed by atoms with Crippen LogP contribution in [-0.4, -0.2) is 4.92 Å². The monoisotopic (exact) mass is 432 g/mol. The van der Waals surface area contributed by atoms with Crippen LogP contribution in [0.2, 0.25) is 0 Å². The van der Waals surface area contributed by atoms with Crippen LogP contribution in [0.25, 0.3) is 11.1 Å². The summed E-state index contributed by atoms with van der Waals surface area (Å²) in [7, 11) is 0. The van der Waals surface area contributed by atoms with Gasteiger partial charge in [0.25, 0.3) is 5.69 Å². The maximum atomic E-state index is 10.6. The molecule has 2 rings (SSSR count). The second kappa shape index (κ2) is 10.4. The summed E-state index contributed by atoms with van der Waals surface area (Å²) in [4.78, 5) is 10.2. The van der Waals surface area contributed by atoms with Crippen molar-refractivity contribution in [2.75, 3.05) is 5.73 Å². The molecule has 0 saturated carbocycles. The molecule has 2 aromatic rings. The Bertz CT molecular complexity index is 856. The average molecular weight is 434 g/mol. The summed E-state index contributed by atoms with van der Waals surface area (Å²) in [5, 5.41) is 10.6. The van der Waals surface area contributed by atoms with Gasteiger partial charge in [0.05, 0.1) is 10.5 Å². The predicted molar refractivity (Wildman–Crippen MR) is 113 cm³/mol. The molecule has 0 aliphatic heterocycles. The van der Waals surface area contributed by atoms with Gasteiger partial charge in [-0.05, 0) is 37.1 Å². The SMILES string of the molecule is CC(=C(Cl)Cl)c1ccccc1N.CC(=C(Cl)Cl)c1ccccc1[N+](=O)[O-]. The molecule has 26 heavy (non-hydrogen) atoms. The lowest BCUT2D eigenvalue weighted by Crippen LogP contribution is -1.93. The van der Waals surface area contributed by atoms with E-state index in [1.165, 1.54) is 6.07 Å². The van der Waals surface area contributed by atoms with Crippen LogP contribution in [0.1, 0.15) is 25.0 Å². The highest BCUT2D eigenvalue weighted by Crippen LogP contribution is 2.30. The number of halogens is 4. The molecule has 0 heterocycles. The van der Waals surface area contributed by atoms with E-state index in [0.717, 1.165) is 11.1 Å². The lowest BCUT2D eigenvalue weighted by molar-refractivity contribution is -0.385. The summed E-state index contributed by atoms with van der Waals surface area (Å²) in [6, 6.07) is 13.8. The molecular formula is C18H16Cl4N2O2. The molecule has 0 atom stereocenters. The Morgan fingerprint density at radius 3 is 1.73 bits per heavy atom. The van der Waals surface area contributed by atoms with E-state index in [2.05, 4.69) is 0 Å². The Labute approximate surface area is 172 Å². The Morgan fingerprint density at radius 2 is 1.27 bits per heavy atom. The van der Waals surface area contributed by atoms with E-state index in [4.69, 9.17) is 52.1 Å². The summed E-state index contributed by atoms with van der Waals surface area (Å²) < 4.78 is 0.298. The highest BCUT2D eigenvalue weighted by atomic mass is 35.5. The van der Waals surface area contributed by atoms with E-state index in [1.54, 1.807) is 25.1 Å². The van der Waals surface area contributed by atoms with Crippen molar-refractivity contribution in [1.82, 2.24) is 0 Å². The van der Waals surface area contributed by atoms with Crippen LogP contribution in [0.15, 0.2) is 57.5 Å². The van der Waals surface area contributed by atoms with Crippen molar-refractivity contribution in [1.29, 1.82) is 0 Å². The summed E-state index contributed by atoms with van der Waals surface area (Å²) in [5.41, 5.74) is 9.03. The fourth-order valence-corrected chi connectivity index (χ4v) is 2.40. The number of nitro groups is 1. The zero-order valence-electron chi connectivity index (χ0n) is 14.0. The van der Waals surface area contributed by atoms with Gasteiger partial charge in [0, 0.05) is 17.3 Å². The number of hydrogen-bond donors (Lipinski definition) is 1. The molecule has 0 unspecified atom stereocenters. The summed E-state index contributed by atoms with van der Waals surface area (Å²) in [5.74, 6) is 0. The van der Waals surface area contributed by atoms with Crippen molar-refractivity contribution >= 4 is 68.9 Å².